The van der Waals surface area contributed by atoms with Crippen molar-refractivity contribution in [1.82, 2.24) is 25.8 Å². The van der Waals surface area contributed by atoms with Gasteiger partial charge in [-0.15, -0.1) is 11.3 Å². The molecule has 3 rings (SSSR count). The summed E-state index contributed by atoms with van der Waals surface area (Å²) in [4.78, 5) is 57.2. The maximum atomic E-state index is 13.6. The van der Waals surface area contributed by atoms with E-state index in [9.17, 15) is 24.3 Å². The molecular weight excluding hydrogens is 518 g/mol. The Hall–Kier alpha value is -3.31. The van der Waals surface area contributed by atoms with Crippen molar-refractivity contribution in [3.63, 3.8) is 0 Å². The van der Waals surface area contributed by atoms with E-state index in [4.69, 9.17) is 0 Å². The summed E-state index contributed by atoms with van der Waals surface area (Å²) in [6.45, 7) is 9.56. The van der Waals surface area contributed by atoms with Gasteiger partial charge in [-0.2, -0.15) is 0 Å². The largest absolute Gasteiger partial charge is 0.391 e. The number of aromatic nitrogens is 1. The predicted octanol–water partition coefficient (Wildman–Crippen LogP) is 2.14. The molecule has 10 nitrogen and oxygen atoms in total. The molecule has 0 aliphatic carbocycles. The molecule has 1 fully saturated rings. The second-order valence-electron chi connectivity index (χ2n) is 11.0. The second kappa shape index (κ2) is 13.2. The number of likely N-dealkylation sites (tertiary alicyclic amines) is 1. The van der Waals surface area contributed by atoms with Gasteiger partial charge >= 0.3 is 0 Å². The van der Waals surface area contributed by atoms with E-state index in [1.807, 2.05) is 57.5 Å². The Labute approximate surface area is 233 Å². The second-order valence-corrected chi connectivity index (χ2v) is 11.9. The van der Waals surface area contributed by atoms with Gasteiger partial charge in [-0.1, -0.05) is 45.0 Å². The Morgan fingerprint density at radius 1 is 1.15 bits per heavy atom. The lowest BCUT2D eigenvalue weighted by Gasteiger charge is -2.35. The fourth-order valence-electron chi connectivity index (χ4n) is 4.53. The summed E-state index contributed by atoms with van der Waals surface area (Å²) in [6, 6.07) is 6.15. The first-order valence-corrected chi connectivity index (χ1v) is 14.0. The zero-order valence-corrected chi connectivity index (χ0v) is 24.1. The van der Waals surface area contributed by atoms with Gasteiger partial charge in [0.2, 0.25) is 23.6 Å². The molecule has 1 aromatic carbocycles. The number of hydrogen-bond donors (Lipinski definition) is 4. The van der Waals surface area contributed by atoms with E-state index in [0.29, 0.717) is 13.0 Å². The average molecular weight is 558 g/mol. The fourth-order valence-corrected chi connectivity index (χ4v) is 5.34. The van der Waals surface area contributed by atoms with Crippen molar-refractivity contribution in [2.75, 3.05) is 13.1 Å². The van der Waals surface area contributed by atoms with Gasteiger partial charge in [-0.05, 0) is 29.9 Å². The minimum Gasteiger partial charge on any atom is -0.391 e. The number of aryl methyl sites for hydroxylation is 1. The Kier molecular flexibility index (Phi) is 10.2. The summed E-state index contributed by atoms with van der Waals surface area (Å²) < 4.78 is 0. The highest BCUT2D eigenvalue weighted by molar-refractivity contribution is 7.13. The third-order valence-corrected chi connectivity index (χ3v) is 7.64. The smallest absolute Gasteiger partial charge is 0.246 e. The number of hydrogen-bond acceptors (Lipinski definition) is 7. The van der Waals surface area contributed by atoms with Gasteiger partial charge in [0.25, 0.3) is 0 Å². The molecule has 0 spiro atoms. The van der Waals surface area contributed by atoms with Crippen LogP contribution in [0.15, 0.2) is 29.8 Å². The molecule has 0 saturated carbocycles. The molecule has 39 heavy (non-hydrogen) atoms. The summed E-state index contributed by atoms with van der Waals surface area (Å²) in [6.07, 6.45) is -0.119. The van der Waals surface area contributed by atoms with Crippen molar-refractivity contribution >= 4 is 35.0 Å². The number of nitrogens with one attached hydrogen (secondary N) is 3. The number of amides is 4. The molecule has 2 aromatic rings. The van der Waals surface area contributed by atoms with E-state index in [-0.39, 0.29) is 43.7 Å². The van der Waals surface area contributed by atoms with Gasteiger partial charge in [-0.25, -0.2) is 4.98 Å². The molecule has 1 aliphatic rings. The number of nitrogens with zero attached hydrogens (tertiary/aromatic N) is 2. The first kappa shape index (κ1) is 30.2. The Bertz CT molecular complexity index is 1170. The van der Waals surface area contributed by atoms with Crippen molar-refractivity contribution in [1.29, 1.82) is 0 Å². The molecule has 4 N–H and O–H groups in total. The van der Waals surface area contributed by atoms with Gasteiger partial charge in [0.05, 0.1) is 22.2 Å². The van der Waals surface area contributed by atoms with E-state index < -0.39 is 29.5 Å². The van der Waals surface area contributed by atoms with Crippen molar-refractivity contribution in [2.45, 2.75) is 78.6 Å². The predicted molar refractivity (Wildman–Crippen MR) is 150 cm³/mol. The summed E-state index contributed by atoms with van der Waals surface area (Å²) in [7, 11) is 0. The lowest BCUT2D eigenvalue weighted by molar-refractivity contribution is -0.144. The van der Waals surface area contributed by atoms with Crippen LogP contribution in [0.2, 0.25) is 0 Å². The van der Waals surface area contributed by atoms with Crippen LogP contribution in [-0.4, -0.2) is 69.9 Å². The van der Waals surface area contributed by atoms with Crippen LogP contribution < -0.4 is 16.0 Å². The van der Waals surface area contributed by atoms with Gasteiger partial charge in [0.1, 0.15) is 12.1 Å². The molecule has 4 amide bonds. The Morgan fingerprint density at radius 3 is 2.44 bits per heavy atom. The molecule has 1 aromatic heterocycles. The highest BCUT2D eigenvalue weighted by Gasteiger charge is 2.44. The summed E-state index contributed by atoms with van der Waals surface area (Å²) >= 11 is 1.58. The molecule has 3 atom stereocenters. The minimum atomic E-state index is -0.880. The van der Waals surface area contributed by atoms with Crippen molar-refractivity contribution in [3.05, 3.63) is 41.0 Å². The highest BCUT2D eigenvalue weighted by Crippen LogP contribution is 2.28. The van der Waals surface area contributed by atoms with Crippen molar-refractivity contribution in [2.24, 2.45) is 5.41 Å². The van der Waals surface area contributed by atoms with Gasteiger partial charge in [0, 0.05) is 39.4 Å². The van der Waals surface area contributed by atoms with Gasteiger partial charge in [0.15, 0.2) is 0 Å². The normalized spacial score (nSPS) is 17.9. The van der Waals surface area contributed by atoms with E-state index >= 15 is 0 Å². The van der Waals surface area contributed by atoms with Crippen LogP contribution in [0.25, 0.3) is 10.4 Å². The number of thiazole rings is 1. The molecule has 2 heterocycles. The molecular formula is C28H39N5O5S. The zero-order chi connectivity index (χ0) is 28.7. The third kappa shape index (κ3) is 8.34. The number of aliphatic hydroxyl groups excluding tert-OH is 1. The molecule has 1 saturated heterocycles. The molecule has 2 unspecified atom stereocenters. The van der Waals surface area contributed by atoms with Gasteiger partial charge < -0.3 is 26.0 Å². The molecule has 0 bridgehead atoms. The molecule has 0 radical (unpaired) electrons. The Morgan fingerprint density at radius 2 is 1.85 bits per heavy atom. The first-order chi connectivity index (χ1) is 18.4. The van der Waals surface area contributed by atoms with Crippen LogP contribution in [0.4, 0.5) is 0 Å². The van der Waals surface area contributed by atoms with Crippen LogP contribution in [0.3, 0.4) is 0 Å². The minimum absolute atomic E-state index is 0.0187. The SMILES string of the molecule is CC(=O)NCCCC(=O)NC(C(=O)N1CC(O)C[C@H]1C(=O)NCc1ccc(-c2scnc2C)cc1)C(C)(C)C. The fraction of sp³-hybridized carbons (Fsp3) is 0.536. The first-order valence-electron chi connectivity index (χ1n) is 13.2. The highest BCUT2D eigenvalue weighted by atomic mass is 32.1. The lowest BCUT2D eigenvalue weighted by Crippen LogP contribution is -2.57. The van der Waals surface area contributed by atoms with Crippen LogP contribution in [0.5, 0.6) is 0 Å². The summed E-state index contributed by atoms with van der Waals surface area (Å²) in [5, 5.41) is 18.7. The summed E-state index contributed by atoms with van der Waals surface area (Å²) in [5.41, 5.74) is 4.12. The van der Waals surface area contributed by atoms with Crippen LogP contribution in [-0.2, 0) is 25.7 Å². The van der Waals surface area contributed by atoms with Crippen molar-refractivity contribution < 1.29 is 24.3 Å². The number of benzene rings is 1. The van der Waals surface area contributed by atoms with E-state index in [1.54, 1.807) is 11.3 Å². The van der Waals surface area contributed by atoms with Crippen LogP contribution in [0, 0.1) is 12.3 Å². The van der Waals surface area contributed by atoms with Crippen LogP contribution in [0.1, 0.15) is 58.2 Å². The molecule has 212 valence electrons. The maximum Gasteiger partial charge on any atom is 0.246 e. The van der Waals surface area contributed by atoms with Gasteiger partial charge in [-0.3, -0.25) is 19.2 Å². The van der Waals surface area contributed by atoms with Crippen molar-refractivity contribution in [3.8, 4) is 10.4 Å². The standard InChI is InChI=1S/C28H39N5O5S/c1-17-24(39-16-31-17)20-10-8-19(9-11-20)14-30-26(37)22-13-21(35)15-33(22)27(38)25(28(3,4)5)32-23(36)7-6-12-29-18(2)34/h8-11,16,21-22,25,35H,6-7,12-15H2,1-5H3,(H,29,34)(H,30,37)(H,32,36)/t21?,22-,25?/m0/s1. The summed E-state index contributed by atoms with van der Waals surface area (Å²) in [5.74, 6) is -1.24. The number of carbonyl (C=O) groups is 4. The van der Waals surface area contributed by atoms with E-state index in [2.05, 4.69) is 20.9 Å². The zero-order valence-electron chi connectivity index (χ0n) is 23.2. The van der Waals surface area contributed by atoms with Crippen LogP contribution >= 0.6 is 11.3 Å². The monoisotopic (exact) mass is 557 g/mol. The topological polar surface area (TPSA) is 141 Å². The molecule has 11 heteroatoms. The van der Waals surface area contributed by atoms with E-state index in [0.717, 1.165) is 21.7 Å². The maximum absolute atomic E-state index is 13.6. The number of aliphatic hydroxyl groups is 1. The number of β-amino-alcohol motifs (C(OH)–C–C–N with tert-alkyl or cyclic N) is 1. The number of carbonyl (C=O) groups excluding carboxylic acids is 4. The van der Waals surface area contributed by atoms with E-state index in [1.165, 1.54) is 11.8 Å². The quantitative estimate of drug-likeness (QED) is 0.330. The number of rotatable bonds is 10. The molecule has 1 aliphatic heterocycles. The average Bonchev–Trinajstić information content (AvgIpc) is 3.48. The Balaban J connectivity index is 1.62. The third-order valence-electron chi connectivity index (χ3n) is 6.67. The lowest BCUT2D eigenvalue weighted by atomic mass is 9.85.